The summed E-state index contributed by atoms with van der Waals surface area (Å²) in [5, 5.41) is 2.45. The van der Waals surface area contributed by atoms with Gasteiger partial charge in [0.1, 0.15) is 6.61 Å². The topological polar surface area (TPSA) is 83.1 Å². The van der Waals surface area contributed by atoms with E-state index in [9.17, 15) is 9.59 Å². The molecule has 0 aromatic heterocycles. The van der Waals surface area contributed by atoms with Gasteiger partial charge >= 0.3 is 12.1 Å². The molecule has 7 heteroatoms. The number of esters is 1. The zero-order valence-electron chi connectivity index (χ0n) is 11.6. The lowest BCUT2D eigenvalue weighted by atomic mass is 10.4. The Bertz CT molecular complexity index is 299. The first-order chi connectivity index (χ1) is 9.01. The minimum Gasteiger partial charge on any atom is -0.460 e. The number of nitrogens with one attached hydrogen (secondary N) is 1. The number of amides is 1. The average molecular weight is 275 g/mol. The summed E-state index contributed by atoms with van der Waals surface area (Å²) in [7, 11) is 3.00. The second-order valence-electron chi connectivity index (χ2n) is 3.78. The largest absolute Gasteiger partial charge is 0.460 e. The van der Waals surface area contributed by atoms with Crippen LogP contribution in [-0.2, 0) is 23.7 Å². The van der Waals surface area contributed by atoms with E-state index in [1.165, 1.54) is 14.2 Å². The standard InChI is InChI=1S/C12H21NO6/c1-9(2)11(14)18-6-5-13-12(15)19-10(7-16-3)8-17-4/h10H,1,5-8H2,2-4H3,(H,13,15). The molecule has 0 aliphatic carbocycles. The number of hydrogen-bond acceptors (Lipinski definition) is 6. The molecule has 0 fully saturated rings. The zero-order valence-corrected chi connectivity index (χ0v) is 11.6. The van der Waals surface area contributed by atoms with Crippen LogP contribution >= 0.6 is 0 Å². The van der Waals surface area contributed by atoms with Crippen molar-refractivity contribution in [1.29, 1.82) is 0 Å². The Morgan fingerprint density at radius 2 is 1.79 bits per heavy atom. The molecule has 0 aliphatic heterocycles. The van der Waals surface area contributed by atoms with Crippen LogP contribution in [0.3, 0.4) is 0 Å². The van der Waals surface area contributed by atoms with Gasteiger partial charge in [0.05, 0.1) is 19.8 Å². The molecule has 1 N–H and O–H groups in total. The molecule has 0 aliphatic rings. The van der Waals surface area contributed by atoms with Gasteiger partial charge in [-0.25, -0.2) is 9.59 Å². The molecule has 7 nitrogen and oxygen atoms in total. The van der Waals surface area contributed by atoms with Crippen LogP contribution in [0.2, 0.25) is 0 Å². The Balaban J connectivity index is 3.78. The van der Waals surface area contributed by atoms with E-state index < -0.39 is 18.2 Å². The molecule has 1 amide bonds. The molecule has 110 valence electrons. The van der Waals surface area contributed by atoms with Crippen molar-refractivity contribution >= 4 is 12.1 Å². The second kappa shape index (κ2) is 10.3. The van der Waals surface area contributed by atoms with Crippen LogP contribution in [0.4, 0.5) is 4.79 Å². The molecule has 0 spiro atoms. The molecule has 0 bridgehead atoms. The predicted octanol–water partition coefficient (Wildman–Crippen LogP) is 0.493. The van der Waals surface area contributed by atoms with Gasteiger partial charge in [-0.2, -0.15) is 0 Å². The third-order valence-electron chi connectivity index (χ3n) is 1.93. The third kappa shape index (κ3) is 9.04. The highest BCUT2D eigenvalue weighted by atomic mass is 16.6. The lowest BCUT2D eigenvalue weighted by Crippen LogP contribution is -2.35. The number of ether oxygens (including phenoxy) is 4. The normalized spacial score (nSPS) is 10.1. The number of methoxy groups -OCH3 is 2. The number of carbonyl (C=O) groups is 2. The fourth-order valence-corrected chi connectivity index (χ4v) is 1.10. The summed E-state index contributed by atoms with van der Waals surface area (Å²) < 4.78 is 19.6. The maximum Gasteiger partial charge on any atom is 0.407 e. The fraction of sp³-hybridized carbons (Fsp3) is 0.667. The highest BCUT2D eigenvalue weighted by Crippen LogP contribution is 1.95. The van der Waals surface area contributed by atoms with Gasteiger partial charge in [-0.05, 0) is 6.92 Å². The summed E-state index contributed by atoms with van der Waals surface area (Å²) in [6.07, 6.45) is -1.10. The summed E-state index contributed by atoms with van der Waals surface area (Å²) in [4.78, 5) is 22.4. The van der Waals surface area contributed by atoms with Crippen LogP contribution in [0.25, 0.3) is 0 Å². The van der Waals surface area contributed by atoms with E-state index in [4.69, 9.17) is 18.9 Å². The molecule has 0 saturated heterocycles. The van der Waals surface area contributed by atoms with E-state index in [-0.39, 0.29) is 26.4 Å². The van der Waals surface area contributed by atoms with Crippen molar-refractivity contribution < 1.29 is 28.5 Å². The van der Waals surface area contributed by atoms with Crippen molar-refractivity contribution in [3.63, 3.8) is 0 Å². The molecular weight excluding hydrogens is 254 g/mol. The Kier molecular flexibility index (Phi) is 9.46. The van der Waals surface area contributed by atoms with Crippen LogP contribution in [0, 0.1) is 0 Å². The van der Waals surface area contributed by atoms with Crippen molar-refractivity contribution in [2.45, 2.75) is 13.0 Å². The summed E-state index contributed by atoms with van der Waals surface area (Å²) in [5.74, 6) is -0.494. The minimum absolute atomic E-state index is 0.0556. The molecule has 0 saturated carbocycles. The number of alkyl carbamates (subject to hydrolysis) is 1. The van der Waals surface area contributed by atoms with E-state index in [1.807, 2.05) is 0 Å². The molecular formula is C12H21NO6. The van der Waals surface area contributed by atoms with Gasteiger partial charge in [0.25, 0.3) is 0 Å². The maximum absolute atomic E-state index is 11.4. The summed E-state index contributed by atoms with van der Waals surface area (Å²) in [6, 6.07) is 0. The van der Waals surface area contributed by atoms with E-state index >= 15 is 0 Å². The van der Waals surface area contributed by atoms with Crippen molar-refractivity contribution in [2.24, 2.45) is 0 Å². The first-order valence-corrected chi connectivity index (χ1v) is 5.76. The van der Waals surface area contributed by atoms with E-state index in [0.29, 0.717) is 5.57 Å². The van der Waals surface area contributed by atoms with Gasteiger partial charge in [-0.1, -0.05) is 6.58 Å². The molecule has 0 aromatic rings. The van der Waals surface area contributed by atoms with Gasteiger partial charge in [0.15, 0.2) is 6.10 Å². The second-order valence-corrected chi connectivity index (χ2v) is 3.78. The van der Waals surface area contributed by atoms with Crippen LogP contribution in [0.5, 0.6) is 0 Å². The molecule has 0 radical (unpaired) electrons. The van der Waals surface area contributed by atoms with Crippen molar-refractivity contribution in [3.05, 3.63) is 12.2 Å². The molecule has 19 heavy (non-hydrogen) atoms. The smallest absolute Gasteiger partial charge is 0.407 e. The lowest BCUT2D eigenvalue weighted by molar-refractivity contribution is -0.138. The highest BCUT2D eigenvalue weighted by molar-refractivity contribution is 5.86. The van der Waals surface area contributed by atoms with Crippen LogP contribution < -0.4 is 5.32 Å². The zero-order chi connectivity index (χ0) is 14.7. The van der Waals surface area contributed by atoms with Gasteiger partial charge in [0.2, 0.25) is 0 Å². The van der Waals surface area contributed by atoms with E-state index in [0.717, 1.165) is 0 Å². The molecule has 0 unspecified atom stereocenters. The van der Waals surface area contributed by atoms with Gasteiger partial charge in [-0.15, -0.1) is 0 Å². The van der Waals surface area contributed by atoms with Crippen molar-refractivity contribution in [1.82, 2.24) is 5.32 Å². The first-order valence-electron chi connectivity index (χ1n) is 5.76. The Hall–Kier alpha value is -1.60. The maximum atomic E-state index is 11.4. The van der Waals surface area contributed by atoms with Gasteiger partial charge in [0, 0.05) is 19.8 Å². The highest BCUT2D eigenvalue weighted by Gasteiger charge is 2.13. The van der Waals surface area contributed by atoms with Gasteiger partial charge < -0.3 is 24.3 Å². The first kappa shape index (κ1) is 17.4. The van der Waals surface area contributed by atoms with Crippen molar-refractivity contribution in [2.75, 3.05) is 40.6 Å². The summed E-state index contributed by atoms with van der Waals surface area (Å²) in [5.41, 5.74) is 0.308. The van der Waals surface area contributed by atoms with Gasteiger partial charge in [-0.3, -0.25) is 0 Å². The summed E-state index contributed by atoms with van der Waals surface area (Å²) in [6.45, 7) is 5.68. The lowest BCUT2D eigenvalue weighted by Gasteiger charge is -2.16. The Morgan fingerprint density at radius 1 is 1.21 bits per heavy atom. The van der Waals surface area contributed by atoms with Crippen LogP contribution in [0.1, 0.15) is 6.92 Å². The third-order valence-corrected chi connectivity index (χ3v) is 1.93. The van der Waals surface area contributed by atoms with Crippen molar-refractivity contribution in [3.8, 4) is 0 Å². The average Bonchev–Trinajstić information content (AvgIpc) is 2.34. The van der Waals surface area contributed by atoms with Crippen LogP contribution in [-0.4, -0.2) is 58.8 Å². The quantitative estimate of drug-likeness (QED) is 0.375. The minimum atomic E-state index is -0.620. The Labute approximate surface area is 112 Å². The monoisotopic (exact) mass is 275 g/mol. The fourth-order valence-electron chi connectivity index (χ4n) is 1.10. The predicted molar refractivity (Wildman–Crippen MR) is 67.8 cm³/mol. The molecule has 0 aromatic carbocycles. The van der Waals surface area contributed by atoms with E-state index in [2.05, 4.69) is 11.9 Å². The number of carbonyl (C=O) groups excluding carboxylic acids is 2. The van der Waals surface area contributed by atoms with Crippen LogP contribution in [0.15, 0.2) is 12.2 Å². The SMILES string of the molecule is C=C(C)C(=O)OCCNC(=O)OC(COC)COC. The summed E-state index contributed by atoms with van der Waals surface area (Å²) >= 11 is 0. The molecule has 0 rings (SSSR count). The molecule has 0 atom stereocenters. The number of rotatable bonds is 9. The Morgan fingerprint density at radius 3 is 2.26 bits per heavy atom. The molecule has 0 heterocycles. The van der Waals surface area contributed by atoms with E-state index in [1.54, 1.807) is 6.92 Å². The number of hydrogen-bond donors (Lipinski definition) is 1.